The molecule has 2 rings (SSSR count). The van der Waals surface area contributed by atoms with E-state index in [1.807, 2.05) is 37.1 Å². The summed E-state index contributed by atoms with van der Waals surface area (Å²) in [5.41, 5.74) is 1.66. The first-order valence-corrected chi connectivity index (χ1v) is 8.40. The maximum Gasteiger partial charge on any atom is 0.240 e. The minimum Gasteiger partial charge on any atom is -0.359 e. The van der Waals surface area contributed by atoms with E-state index in [9.17, 15) is 8.42 Å². The van der Waals surface area contributed by atoms with Gasteiger partial charge in [0.05, 0.1) is 10.9 Å². The smallest absolute Gasteiger partial charge is 0.240 e. The lowest BCUT2D eigenvalue weighted by molar-refractivity contribution is 0.352. The van der Waals surface area contributed by atoms with Crippen LogP contribution in [0.5, 0.6) is 0 Å². The van der Waals surface area contributed by atoms with E-state index in [2.05, 4.69) is 10.8 Å². The first kappa shape index (κ1) is 15.5. The van der Waals surface area contributed by atoms with Crippen LogP contribution in [0.25, 0.3) is 0 Å². The van der Waals surface area contributed by atoms with Crippen LogP contribution in [0.2, 0.25) is 0 Å². The van der Waals surface area contributed by atoms with Crippen molar-refractivity contribution in [2.75, 3.05) is 13.6 Å². The lowest BCUT2D eigenvalue weighted by Gasteiger charge is -2.23. The summed E-state index contributed by atoms with van der Waals surface area (Å²) in [6.45, 7) is 2.35. The topological polar surface area (TPSA) is 73.2 Å². The van der Waals surface area contributed by atoms with Crippen molar-refractivity contribution in [2.45, 2.75) is 30.7 Å². The summed E-state index contributed by atoms with van der Waals surface area (Å²) >= 11 is 0. The molecule has 1 atom stereocenters. The molecule has 0 amide bonds. The molecule has 21 heavy (non-hydrogen) atoms. The van der Waals surface area contributed by atoms with Gasteiger partial charge in [-0.05, 0) is 36.6 Å². The van der Waals surface area contributed by atoms with Crippen LogP contribution in [-0.4, -0.2) is 26.9 Å². The third-order valence-corrected chi connectivity index (χ3v) is 5.09. The second kappa shape index (κ2) is 6.29. The van der Waals surface area contributed by atoms with Gasteiger partial charge < -0.3 is 4.90 Å². The fourth-order valence-corrected chi connectivity index (χ4v) is 3.50. The van der Waals surface area contributed by atoms with Crippen molar-refractivity contribution in [3.63, 3.8) is 0 Å². The van der Waals surface area contributed by atoms with E-state index in [1.165, 1.54) is 0 Å². The molecule has 0 saturated heterocycles. The van der Waals surface area contributed by atoms with Gasteiger partial charge in [0.2, 0.25) is 10.0 Å². The Kier molecular flexibility index (Phi) is 4.66. The van der Waals surface area contributed by atoms with Crippen LogP contribution < -0.4 is 4.72 Å². The summed E-state index contributed by atoms with van der Waals surface area (Å²) in [4.78, 5) is 2.19. The molecule has 1 aromatic carbocycles. The fraction of sp³-hybridized carbons (Fsp3) is 0.400. The number of hydrogen-bond donors (Lipinski definition) is 1. The number of benzene rings is 1. The zero-order chi connectivity index (χ0) is 15.5. The summed E-state index contributed by atoms with van der Waals surface area (Å²) in [5.74, 6) is 0. The maximum absolute atomic E-state index is 12.0. The number of sulfonamides is 1. The molecule has 1 unspecified atom stereocenters. The lowest BCUT2D eigenvalue weighted by Crippen LogP contribution is -2.24. The molecule has 0 aliphatic carbocycles. The molecular weight excluding hydrogens is 286 g/mol. The quantitative estimate of drug-likeness (QED) is 0.904. The van der Waals surface area contributed by atoms with Gasteiger partial charge in [0.25, 0.3) is 0 Å². The third-order valence-electron chi connectivity index (χ3n) is 3.61. The fourth-order valence-electron chi connectivity index (χ4n) is 2.37. The van der Waals surface area contributed by atoms with Gasteiger partial charge in [0.15, 0.2) is 0 Å². The van der Waals surface area contributed by atoms with Crippen molar-refractivity contribution in [1.82, 2.24) is 9.62 Å². The highest BCUT2D eigenvalue weighted by Gasteiger charge is 2.24. The molecule has 1 heterocycles. The maximum atomic E-state index is 12.0. The van der Waals surface area contributed by atoms with Crippen molar-refractivity contribution >= 4 is 10.0 Å². The van der Waals surface area contributed by atoms with Crippen molar-refractivity contribution in [2.24, 2.45) is 0 Å². The van der Waals surface area contributed by atoms with Crippen molar-refractivity contribution in [1.29, 1.82) is 5.26 Å². The van der Waals surface area contributed by atoms with E-state index in [0.717, 1.165) is 18.4 Å². The lowest BCUT2D eigenvalue weighted by atomic mass is 10.1. The van der Waals surface area contributed by atoms with Crippen LogP contribution in [0.4, 0.5) is 0 Å². The minimum atomic E-state index is -3.42. The molecule has 0 saturated carbocycles. The van der Waals surface area contributed by atoms with Crippen LogP contribution >= 0.6 is 0 Å². The van der Waals surface area contributed by atoms with Crippen LogP contribution in [0, 0.1) is 11.3 Å². The highest BCUT2D eigenvalue weighted by molar-refractivity contribution is 7.89. The Balaban J connectivity index is 2.16. The molecule has 1 aliphatic rings. The molecule has 112 valence electrons. The Bertz CT molecular complexity index is 672. The Labute approximate surface area is 125 Å². The van der Waals surface area contributed by atoms with E-state index in [4.69, 9.17) is 5.26 Å². The van der Waals surface area contributed by atoms with Gasteiger partial charge in [-0.1, -0.05) is 19.1 Å². The number of nitrogens with zero attached hydrogens (tertiary/aromatic N) is 2. The predicted octanol–water partition coefficient (Wildman–Crippen LogP) is 2.16. The van der Waals surface area contributed by atoms with Crippen LogP contribution in [0.15, 0.2) is 40.9 Å². The molecular formula is C15H19N3O2S. The summed E-state index contributed by atoms with van der Waals surface area (Å²) in [6.07, 6.45) is 3.42. The van der Waals surface area contributed by atoms with Crippen molar-refractivity contribution in [3.8, 4) is 6.07 Å². The van der Waals surface area contributed by atoms with Gasteiger partial charge in [-0.3, -0.25) is 0 Å². The van der Waals surface area contributed by atoms with Crippen molar-refractivity contribution in [3.05, 3.63) is 41.6 Å². The van der Waals surface area contributed by atoms with Gasteiger partial charge in [-0.15, -0.1) is 0 Å². The van der Waals surface area contributed by atoms with Crippen LogP contribution in [-0.2, 0) is 10.0 Å². The summed E-state index contributed by atoms with van der Waals surface area (Å²) in [5, 5.41) is 8.99. The summed E-state index contributed by atoms with van der Waals surface area (Å²) in [7, 11) is -1.55. The molecule has 5 nitrogen and oxygen atoms in total. The number of allylic oxidation sites excluding steroid dienone is 1. The Morgan fingerprint density at radius 1 is 1.38 bits per heavy atom. The molecule has 6 heteroatoms. The first-order chi connectivity index (χ1) is 9.99. The minimum absolute atomic E-state index is 0.0972. The Morgan fingerprint density at radius 2 is 2.05 bits per heavy atom. The molecule has 1 N–H and O–H groups in total. The average Bonchev–Trinajstić information content (AvgIpc) is 2.86. The standard InChI is InChI=1S/C15H19N3O2S/c1-3-10-17-21(19,20)14-7-4-12(5-8-14)15-9-6-13(11-16)18(15)2/h4-8,15,17H,3,9-10H2,1-2H3. The average molecular weight is 305 g/mol. The monoisotopic (exact) mass is 305 g/mol. The Morgan fingerprint density at radius 3 is 2.57 bits per heavy atom. The first-order valence-electron chi connectivity index (χ1n) is 6.92. The second-order valence-corrected chi connectivity index (χ2v) is 6.80. The predicted molar refractivity (Wildman–Crippen MR) is 80.7 cm³/mol. The van der Waals surface area contributed by atoms with E-state index in [-0.39, 0.29) is 10.9 Å². The van der Waals surface area contributed by atoms with Crippen LogP contribution in [0.3, 0.4) is 0 Å². The SMILES string of the molecule is CCCNS(=O)(=O)c1ccc(C2CC=C(C#N)N2C)cc1. The molecule has 1 aliphatic heterocycles. The molecule has 0 bridgehead atoms. The van der Waals surface area contributed by atoms with Gasteiger partial charge in [-0.25, -0.2) is 13.1 Å². The third kappa shape index (κ3) is 3.26. The van der Waals surface area contributed by atoms with E-state index >= 15 is 0 Å². The molecule has 0 radical (unpaired) electrons. The van der Waals surface area contributed by atoms with E-state index < -0.39 is 10.0 Å². The number of hydrogen-bond acceptors (Lipinski definition) is 4. The zero-order valence-electron chi connectivity index (χ0n) is 12.2. The normalized spacial score (nSPS) is 18.4. The highest BCUT2D eigenvalue weighted by Crippen LogP contribution is 2.32. The number of nitriles is 1. The second-order valence-electron chi connectivity index (χ2n) is 5.03. The molecule has 1 aromatic rings. The van der Waals surface area contributed by atoms with E-state index in [0.29, 0.717) is 12.2 Å². The summed E-state index contributed by atoms with van der Waals surface area (Å²) in [6, 6.07) is 9.11. The summed E-state index contributed by atoms with van der Waals surface area (Å²) < 4.78 is 26.6. The van der Waals surface area contributed by atoms with Gasteiger partial charge in [0, 0.05) is 13.6 Å². The van der Waals surface area contributed by atoms with E-state index in [1.54, 1.807) is 12.1 Å². The molecule has 0 fully saturated rings. The zero-order valence-corrected chi connectivity index (χ0v) is 13.0. The van der Waals surface area contributed by atoms with Gasteiger partial charge >= 0.3 is 0 Å². The van der Waals surface area contributed by atoms with Crippen LogP contribution in [0.1, 0.15) is 31.4 Å². The highest BCUT2D eigenvalue weighted by atomic mass is 32.2. The van der Waals surface area contributed by atoms with Gasteiger partial charge in [0.1, 0.15) is 11.8 Å². The number of nitrogens with one attached hydrogen (secondary N) is 1. The molecule has 0 aromatic heterocycles. The molecule has 0 spiro atoms. The van der Waals surface area contributed by atoms with Gasteiger partial charge in [-0.2, -0.15) is 5.26 Å². The Hall–Kier alpha value is -1.84. The largest absolute Gasteiger partial charge is 0.359 e. The number of rotatable bonds is 5. The van der Waals surface area contributed by atoms with Crippen molar-refractivity contribution < 1.29 is 8.42 Å².